The number of ether oxygens (including phenoxy) is 2. The molecule has 1 aliphatic rings. The Morgan fingerprint density at radius 2 is 0.756 bits per heavy atom. The van der Waals surface area contributed by atoms with Crippen LogP contribution in [0, 0.1) is 0 Å². The Balaban J connectivity index is 2.10. The summed E-state index contributed by atoms with van der Waals surface area (Å²) in [6, 6.07) is -0.810. The summed E-state index contributed by atoms with van der Waals surface area (Å²) in [6.07, 6.45) is 83.2. The molecular formula is C73H127NO8. The molecule has 1 rings (SSSR count). The summed E-state index contributed by atoms with van der Waals surface area (Å²) in [5.41, 5.74) is 0. The fourth-order valence-corrected chi connectivity index (χ4v) is 10.3. The molecule has 0 aliphatic carbocycles. The lowest BCUT2D eigenvalue weighted by Gasteiger charge is -2.40. The first-order valence-electron chi connectivity index (χ1n) is 34.1. The van der Waals surface area contributed by atoms with Gasteiger partial charge in [0.1, 0.15) is 24.4 Å². The van der Waals surface area contributed by atoms with Crippen LogP contribution < -0.4 is 5.32 Å². The van der Waals surface area contributed by atoms with Crippen molar-refractivity contribution in [2.24, 2.45) is 0 Å². The highest BCUT2D eigenvalue weighted by Crippen LogP contribution is 2.23. The van der Waals surface area contributed by atoms with Gasteiger partial charge < -0.3 is 40.3 Å². The van der Waals surface area contributed by atoms with E-state index in [0.717, 1.165) is 89.9 Å². The van der Waals surface area contributed by atoms with E-state index in [9.17, 15) is 30.3 Å². The predicted molar refractivity (Wildman–Crippen MR) is 350 cm³/mol. The number of allylic oxidation sites excluding steroid dienone is 17. The zero-order valence-corrected chi connectivity index (χ0v) is 52.7. The minimum Gasteiger partial charge on any atom is -0.394 e. The van der Waals surface area contributed by atoms with E-state index in [4.69, 9.17) is 9.47 Å². The van der Waals surface area contributed by atoms with Crippen LogP contribution in [0.2, 0.25) is 0 Å². The molecule has 1 amide bonds. The van der Waals surface area contributed by atoms with Crippen LogP contribution >= 0.6 is 0 Å². The van der Waals surface area contributed by atoms with Gasteiger partial charge in [0, 0.05) is 6.42 Å². The maximum Gasteiger partial charge on any atom is 0.220 e. The molecule has 0 aromatic rings. The second kappa shape index (κ2) is 61.0. The standard InChI is InChI=1S/C73H127NO8/c1-3-5-7-9-11-13-15-17-19-21-23-24-25-26-27-28-29-30-31-32-33-34-35-36-37-38-39-40-41-42-43-44-45-47-49-51-53-55-57-59-61-63-69(77)74-66(65-81-73-72(80)71(79)70(78)68(64-75)82-73)67(76)62-60-58-56-54-52-50-48-46-22-20-18-16-14-12-10-8-6-4-2/h5,7,11,13,17,19,23-24,26-27,29-30,32-33,35-36,60,62,66-68,70-73,75-76,78-80H,3-4,6,8-10,12,14-16,18,20-22,25,28,31,34,37-59,61,63-65H2,1-2H3,(H,74,77)/b7-5-,13-11-,19-17-,24-23-,27-26-,30-29-,33-32-,36-35-,62-60+. The van der Waals surface area contributed by atoms with Crippen LogP contribution in [-0.4, -0.2) is 87.5 Å². The van der Waals surface area contributed by atoms with Gasteiger partial charge in [0.25, 0.3) is 0 Å². The van der Waals surface area contributed by atoms with Crippen LogP contribution in [0.4, 0.5) is 0 Å². The van der Waals surface area contributed by atoms with Crippen LogP contribution in [0.3, 0.4) is 0 Å². The number of unbranched alkanes of at least 4 members (excludes halogenated alkanes) is 32. The van der Waals surface area contributed by atoms with Crippen molar-refractivity contribution in [2.45, 2.75) is 333 Å². The van der Waals surface area contributed by atoms with Gasteiger partial charge in [-0.2, -0.15) is 0 Å². The van der Waals surface area contributed by atoms with E-state index in [0.29, 0.717) is 6.42 Å². The predicted octanol–water partition coefficient (Wildman–Crippen LogP) is 18.5. The van der Waals surface area contributed by atoms with Gasteiger partial charge in [0.2, 0.25) is 5.91 Å². The maximum absolute atomic E-state index is 13.1. The number of hydrogen-bond donors (Lipinski definition) is 6. The Labute approximate surface area is 504 Å². The third kappa shape index (κ3) is 49.1. The molecule has 9 nitrogen and oxygen atoms in total. The fourth-order valence-electron chi connectivity index (χ4n) is 10.3. The Hall–Kier alpha value is -3.15. The van der Waals surface area contributed by atoms with Gasteiger partial charge in [-0.3, -0.25) is 4.79 Å². The average Bonchev–Trinajstić information content (AvgIpc) is 3.57. The van der Waals surface area contributed by atoms with E-state index in [2.05, 4.69) is 116 Å². The molecule has 7 atom stereocenters. The van der Waals surface area contributed by atoms with Crippen LogP contribution in [0.15, 0.2) is 109 Å². The molecular weight excluding hydrogens is 1020 g/mol. The van der Waals surface area contributed by atoms with Crippen molar-refractivity contribution in [3.63, 3.8) is 0 Å². The Morgan fingerprint density at radius 3 is 1.12 bits per heavy atom. The number of hydrogen-bond acceptors (Lipinski definition) is 8. The van der Waals surface area contributed by atoms with Crippen molar-refractivity contribution in [2.75, 3.05) is 13.2 Å². The molecule has 0 aromatic carbocycles. The quantitative estimate of drug-likeness (QED) is 0.0261. The molecule has 1 heterocycles. The van der Waals surface area contributed by atoms with Gasteiger partial charge >= 0.3 is 0 Å². The average molecular weight is 1150 g/mol. The monoisotopic (exact) mass is 1150 g/mol. The molecule has 0 spiro atoms. The maximum atomic E-state index is 13.1. The summed E-state index contributed by atoms with van der Waals surface area (Å²) in [5, 5.41) is 54.7. The summed E-state index contributed by atoms with van der Waals surface area (Å²) >= 11 is 0. The highest BCUT2D eigenvalue weighted by Gasteiger charge is 2.44. The topological polar surface area (TPSA) is 149 Å². The van der Waals surface area contributed by atoms with Crippen LogP contribution in [-0.2, 0) is 14.3 Å². The zero-order chi connectivity index (χ0) is 59.3. The van der Waals surface area contributed by atoms with Crippen molar-refractivity contribution in [1.29, 1.82) is 0 Å². The van der Waals surface area contributed by atoms with Gasteiger partial charge in [0.05, 0.1) is 25.4 Å². The molecule has 0 aromatic heterocycles. The van der Waals surface area contributed by atoms with E-state index in [1.165, 1.54) is 180 Å². The molecule has 472 valence electrons. The molecule has 0 radical (unpaired) electrons. The molecule has 1 aliphatic heterocycles. The van der Waals surface area contributed by atoms with Crippen molar-refractivity contribution in [1.82, 2.24) is 5.32 Å². The number of carbonyl (C=O) groups excluding carboxylic acids is 1. The number of amides is 1. The van der Waals surface area contributed by atoms with Gasteiger partial charge in [-0.05, 0) is 83.5 Å². The summed E-state index contributed by atoms with van der Waals surface area (Å²) in [5.74, 6) is -0.177. The van der Waals surface area contributed by atoms with Crippen LogP contribution in [0.1, 0.15) is 290 Å². The normalized spacial score (nSPS) is 19.0. The first kappa shape index (κ1) is 76.9. The molecule has 1 saturated heterocycles. The van der Waals surface area contributed by atoms with E-state index >= 15 is 0 Å². The van der Waals surface area contributed by atoms with Gasteiger partial charge in [-0.1, -0.05) is 309 Å². The highest BCUT2D eigenvalue weighted by molar-refractivity contribution is 5.76. The third-order valence-corrected chi connectivity index (χ3v) is 15.6. The SMILES string of the molecule is CC/C=C\C/C=C\C/C=C\C/C=C\C/C=C\C/C=C\C/C=C\C/C=C\CCCCCCCCCCCCCCCCCCC(=O)NC(COC1OC(CO)C(O)C(O)C1O)C(O)/C=C/CCCCCCCCCCCCCCCCCC. The lowest BCUT2D eigenvalue weighted by molar-refractivity contribution is -0.302. The second-order valence-electron chi connectivity index (χ2n) is 23.2. The third-order valence-electron chi connectivity index (χ3n) is 15.6. The number of carbonyl (C=O) groups is 1. The van der Waals surface area contributed by atoms with Crippen LogP contribution in [0.5, 0.6) is 0 Å². The van der Waals surface area contributed by atoms with Gasteiger partial charge in [0.15, 0.2) is 6.29 Å². The Kier molecular flexibility index (Phi) is 57.1. The fraction of sp³-hybridized carbons (Fsp3) is 0.740. The van der Waals surface area contributed by atoms with E-state index in [1.807, 2.05) is 6.08 Å². The summed E-state index contributed by atoms with van der Waals surface area (Å²) in [6.45, 7) is 3.68. The van der Waals surface area contributed by atoms with Gasteiger partial charge in [-0.15, -0.1) is 0 Å². The van der Waals surface area contributed by atoms with E-state index in [-0.39, 0.29) is 12.5 Å². The zero-order valence-electron chi connectivity index (χ0n) is 52.7. The van der Waals surface area contributed by atoms with Crippen LogP contribution in [0.25, 0.3) is 0 Å². The summed E-state index contributed by atoms with van der Waals surface area (Å²) in [4.78, 5) is 13.1. The van der Waals surface area contributed by atoms with E-state index in [1.54, 1.807) is 6.08 Å². The first-order valence-corrected chi connectivity index (χ1v) is 34.1. The molecule has 9 heteroatoms. The van der Waals surface area contributed by atoms with Crippen molar-refractivity contribution < 1.29 is 39.8 Å². The van der Waals surface area contributed by atoms with Crippen molar-refractivity contribution >= 4 is 5.91 Å². The number of aliphatic hydroxyl groups is 5. The summed E-state index contributed by atoms with van der Waals surface area (Å²) in [7, 11) is 0. The van der Waals surface area contributed by atoms with Crippen molar-refractivity contribution in [3.05, 3.63) is 109 Å². The highest BCUT2D eigenvalue weighted by atomic mass is 16.7. The first-order chi connectivity index (χ1) is 40.3. The molecule has 0 bridgehead atoms. The molecule has 82 heavy (non-hydrogen) atoms. The number of nitrogens with one attached hydrogen (secondary N) is 1. The Morgan fingerprint density at radius 1 is 0.427 bits per heavy atom. The lowest BCUT2D eigenvalue weighted by Crippen LogP contribution is -2.60. The minimum absolute atomic E-state index is 0.177. The minimum atomic E-state index is -1.57. The Bertz CT molecular complexity index is 1660. The number of rotatable bonds is 58. The lowest BCUT2D eigenvalue weighted by atomic mass is 9.99. The summed E-state index contributed by atoms with van der Waals surface area (Å²) < 4.78 is 11.3. The second-order valence-corrected chi connectivity index (χ2v) is 23.2. The van der Waals surface area contributed by atoms with Gasteiger partial charge in [-0.25, -0.2) is 0 Å². The van der Waals surface area contributed by atoms with E-state index < -0.39 is 49.5 Å². The molecule has 1 fully saturated rings. The number of aliphatic hydroxyl groups excluding tert-OH is 5. The largest absolute Gasteiger partial charge is 0.394 e. The molecule has 0 saturated carbocycles. The molecule has 7 unspecified atom stereocenters. The van der Waals surface area contributed by atoms with Crippen molar-refractivity contribution in [3.8, 4) is 0 Å². The smallest absolute Gasteiger partial charge is 0.220 e. The molecule has 6 N–H and O–H groups in total.